The number of nitrogens with one attached hydrogen (secondary N) is 2. The number of pyridine rings is 1. The van der Waals surface area contributed by atoms with E-state index in [9.17, 15) is 0 Å². The van der Waals surface area contributed by atoms with E-state index in [2.05, 4.69) is 37.8 Å². The first-order valence-corrected chi connectivity index (χ1v) is 8.84. The van der Waals surface area contributed by atoms with Crippen LogP contribution in [0.4, 0.5) is 11.5 Å². The van der Waals surface area contributed by atoms with Crippen molar-refractivity contribution >= 4 is 33.5 Å². The number of fused-ring (bicyclic) bond motifs is 2. The maximum atomic E-state index is 5.62. The smallest absolute Gasteiger partial charge is 0.178 e. The lowest BCUT2D eigenvalue weighted by Crippen LogP contribution is -2.04. The molecule has 1 aromatic carbocycles. The van der Waals surface area contributed by atoms with Crippen molar-refractivity contribution in [3.8, 4) is 0 Å². The van der Waals surface area contributed by atoms with E-state index < -0.39 is 0 Å². The Kier molecular flexibility index (Phi) is 3.40. The van der Waals surface area contributed by atoms with Gasteiger partial charge >= 0.3 is 0 Å². The van der Waals surface area contributed by atoms with Crippen molar-refractivity contribution < 1.29 is 4.52 Å². The molecule has 2 N–H and O–H groups in total. The molecule has 1 aliphatic rings. The lowest BCUT2D eigenvalue weighted by atomic mass is 9.86. The van der Waals surface area contributed by atoms with E-state index in [0.29, 0.717) is 11.7 Å². The number of aromatic amines is 1. The standard InChI is InChI=1S/C19H19N5O/c1-2-5-12(6-3-1)17-14-9-8-13(11-16(14)25-24-17)21-19-18-15(22-23-19)7-4-10-20-18/h4,7-12H,1-3,5-6H2,(H2,21,22,23). The molecular formula is C19H19N5O. The van der Waals surface area contributed by atoms with E-state index >= 15 is 0 Å². The van der Waals surface area contributed by atoms with Gasteiger partial charge in [0.15, 0.2) is 11.4 Å². The lowest BCUT2D eigenvalue weighted by Gasteiger charge is -2.19. The molecule has 0 aliphatic heterocycles. The summed E-state index contributed by atoms with van der Waals surface area (Å²) in [5.74, 6) is 1.25. The molecule has 0 unspecified atom stereocenters. The molecule has 1 saturated carbocycles. The van der Waals surface area contributed by atoms with Crippen LogP contribution in [0, 0.1) is 0 Å². The SMILES string of the molecule is c1cnc2c(Nc3ccc4c(C5CCCCC5)noc4c3)n[nH]c2c1. The molecule has 0 spiro atoms. The molecular weight excluding hydrogens is 314 g/mol. The molecule has 6 heteroatoms. The predicted molar refractivity (Wildman–Crippen MR) is 97.0 cm³/mol. The van der Waals surface area contributed by atoms with Crippen LogP contribution in [-0.2, 0) is 0 Å². The number of rotatable bonds is 3. The first-order chi connectivity index (χ1) is 12.4. The van der Waals surface area contributed by atoms with Crippen molar-refractivity contribution in [2.24, 2.45) is 0 Å². The van der Waals surface area contributed by atoms with Crippen molar-refractivity contribution in [2.75, 3.05) is 5.32 Å². The summed E-state index contributed by atoms with van der Waals surface area (Å²) in [6.07, 6.45) is 8.11. The Morgan fingerprint density at radius 1 is 1.12 bits per heavy atom. The van der Waals surface area contributed by atoms with Gasteiger partial charge in [-0.05, 0) is 37.1 Å². The molecule has 5 rings (SSSR count). The third-order valence-electron chi connectivity index (χ3n) is 5.07. The van der Waals surface area contributed by atoms with E-state index in [1.807, 2.05) is 18.2 Å². The largest absolute Gasteiger partial charge is 0.356 e. The van der Waals surface area contributed by atoms with Gasteiger partial charge in [-0.2, -0.15) is 5.10 Å². The van der Waals surface area contributed by atoms with Gasteiger partial charge in [0.1, 0.15) is 5.52 Å². The summed E-state index contributed by atoms with van der Waals surface area (Å²) in [6, 6.07) is 9.97. The molecule has 0 amide bonds. The quantitative estimate of drug-likeness (QED) is 0.558. The van der Waals surface area contributed by atoms with E-state index in [1.165, 1.54) is 32.1 Å². The number of hydrogen-bond donors (Lipinski definition) is 2. The van der Waals surface area contributed by atoms with Gasteiger partial charge in [0.2, 0.25) is 0 Å². The minimum Gasteiger partial charge on any atom is -0.356 e. The fourth-order valence-corrected chi connectivity index (χ4v) is 3.78. The Bertz CT molecular complexity index is 1030. The molecule has 0 saturated heterocycles. The third kappa shape index (κ3) is 2.54. The van der Waals surface area contributed by atoms with Crippen molar-refractivity contribution in [3.63, 3.8) is 0 Å². The Balaban J connectivity index is 1.47. The average molecular weight is 333 g/mol. The van der Waals surface area contributed by atoms with Crippen molar-refractivity contribution in [1.29, 1.82) is 0 Å². The van der Waals surface area contributed by atoms with Gasteiger partial charge < -0.3 is 9.84 Å². The maximum absolute atomic E-state index is 5.62. The molecule has 4 aromatic rings. The van der Waals surface area contributed by atoms with Crippen LogP contribution in [-0.4, -0.2) is 20.3 Å². The molecule has 3 heterocycles. The average Bonchev–Trinajstić information content (AvgIpc) is 3.27. The zero-order valence-corrected chi connectivity index (χ0v) is 13.8. The topological polar surface area (TPSA) is 79.6 Å². The molecule has 1 fully saturated rings. The van der Waals surface area contributed by atoms with Gasteiger partial charge in [-0.1, -0.05) is 24.4 Å². The molecule has 25 heavy (non-hydrogen) atoms. The molecule has 6 nitrogen and oxygen atoms in total. The third-order valence-corrected chi connectivity index (χ3v) is 5.07. The van der Waals surface area contributed by atoms with Gasteiger partial charge in [0.05, 0.1) is 11.2 Å². The highest BCUT2D eigenvalue weighted by atomic mass is 16.5. The Hall–Kier alpha value is -2.89. The first-order valence-electron chi connectivity index (χ1n) is 8.84. The number of anilines is 2. The monoisotopic (exact) mass is 333 g/mol. The van der Waals surface area contributed by atoms with Crippen LogP contribution in [0.1, 0.15) is 43.7 Å². The summed E-state index contributed by atoms with van der Waals surface area (Å²) in [4.78, 5) is 4.37. The highest BCUT2D eigenvalue weighted by Crippen LogP contribution is 2.36. The number of benzene rings is 1. The fourth-order valence-electron chi connectivity index (χ4n) is 3.78. The van der Waals surface area contributed by atoms with Gasteiger partial charge in [0, 0.05) is 29.3 Å². The van der Waals surface area contributed by atoms with Crippen LogP contribution in [0.25, 0.3) is 22.0 Å². The number of nitrogens with zero attached hydrogens (tertiary/aromatic N) is 3. The summed E-state index contributed by atoms with van der Waals surface area (Å²) in [5.41, 5.74) is 4.58. The number of hydrogen-bond acceptors (Lipinski definition) is 5. The zero-order chi connectivity index (χ0) is 16.6. The van der Waals surface area contributed by atoms with Gasteiger partial charge in [-0.25, -0.2) is 0 Å². The second kappa shape index (κ2) is 5.88. The first kappa shape index (κ1) is 14.5. The van der Waals surface area contributed by atoms with Crippen LogP contribution in [0.15, 0.2) is 41.1 Å². The number of aromatic nitrogens is 4. The van der Waals surface area contributed by atoms with E-state index in [4.69, 9.17) is 4.52 Å². The van der Waals surface area contributed by atoms with Gasteiger partial charge in [-0.15, -0.1) is 0 Å². The second-order valence-electron chi connectivity index (χ2n) is 6.71. The Labute approximate surface area is 144 Å². The molecule has 126 valence electrons. The van der Waals surface area contributed by atoms with Crippen LogP contribution >= 0.6 is 0 Å². The molecule has 0 atom stereocenters. The van der Waals surface area contributed by atoms with Crippen molar-refractivity contribution in [1.82, 2.24) is 20.3 Å². The van der Waals surface area contributed by atoms with Crippen molar-refractivity contribution in [2.45, 2.75) is 38.0 Å². The summed E-state index contributed by atoms with van der Waals surface area (Å²) in [7, 11) is 0. The van der Waals surface area contributed by atoms with E-state index in [0.717, 1.165) is 33.4 Å². The highest BCUT2D eigenvalue weighted by molar-refractivity contribution is 5.89. The summed E-state index contributed by atoms with van der Waals surface area (Å²) < 4.78 is 5.62. The van der Waals surface area contributed by atoms with Crippen LogP contribution < -0.4 is 5.32 Å². The Morgan fingerprint density at radius 2 is 2.04 bits per heavy atom. The molecule has 3 aromatic heterocycles. The fraction of sp³-hybridized carbons (Fsp3) is 0.316. The highest BCUT2D eigenvalue weighted by Gasteiger charge is 2.21. The van der Waals surface area contributed by atoms with Crippen LogP contribution in [0.5, 0.6) is 0 Å². The summed E-state index contributed by atoms with van der Waals surface area (Å²) in [6.45, 7) is 0. The van der Waals surface area contributed by atoms with Crippen LogP contribution in [0.2, 0.25) is 0 Å². The van der Waals surface area contributed by atoms with Gasteiger partial charge in [-0.3, -0.25) is 10.1 Å². The van der Waals surface area contributed by atoms with Crippen molar-refractivity contribution in [3.05, 3.63) is 42.2 Å². The zero-order valence-electron chi connectivity index (χ0n) is 13.8. The predicted octanol–water partition coefficient (Wildman–Crippen LogP) is 4.89. The van der Waals surface area contributed by atoms with E-state index in [-0.39, 0.29) is 0 Å². The summed E-state index contributed by atoms with van der Waals surface area (Å²) in [5, 5.41) is 16.1. The maximum Gasteiger partial charge on any atom is 0.178 e. The number of H-pyrrole nitrogens is 1. The molecule has 1 aliphatic carbocycles. The molecule has 0 radical (unpaired) electrons. The summed E-state index contributed by atoms with van der Waals surface area (Å²) >= 11 is 0. The minimum atomic E-state index is 0.535. The molecule has 0 bridgehead atoms. The minimum absolute atomic E-state index is 0.535. The van der Waals surface area contributed by atoms with E-state index in [1.54, 1.807) is 6.20 Å². The van der Waals surface area contributed by atoms with Crippen LogP contribution in [0.3, 0.4) is 0 Å². The lowest BCUT2D eigenvalue weighted by molar-refractivity contribution is 0.396. The normalized spacial score (nSPS) is 15.8. The Morgan fingerprint density at radius 3 is 2.96 bits per heavy atom. The van der Waals surface area contributed by atoms with Gasteiger partial charge in [0.25, 0.3) is 0 Å². The second-order valence-corrected chi connectivity index (χ2v) is 6.71.